The van der Waals surface area contributed by atoms with Crippen molar-refractivity contribution in [2.45, 2.75) is 13.8 Å². The van der Waals surface area contributed by atoms with Gasteiger partial charge in [0.05, 0.1) is 12.2 Å². The van der Waals surface area contributed by atoms with Gasteiger partial charge in [-0.05, 0) is 37.6 Å². The minimum Gasteiger partial charge on any atom is -0.462 e. The summed E-state index contributed by atoms with van der Waals surface area (Å²) in [7, 11) is 3.90. The van der Waals surface area contributed by atoms with E-state index in [0.717, 1.165) is 11.3 Å². The summed E-state index contributed by atoms with van der Waals surface area (Å²) in [5, 5.41) is 0. The summed E-state index contributed by atoms with van der Waals surface area (Å²) >= 11 is 0. The monoisotopic (exact) mass is 207 g/mol. The van der Waals surface area contributed by atoms with Crippen LogP contribution in [0.5, 0.6) is 0 Å². The Labute approximate surface area is 90.7 Å². The molecule has 1 aromatic carbocycles. The van der Waals surface area contributed by atoms with E-state index in [0.29, 0.717) is 12.2 Å². The number of hydrogen-bond donors (Lipinski definition) is 0. The molecule has 3 heteroatoms. The van der Waals surface area contributed by atoms with Crippen molar-refractivity contribution in [3.05, 3.63) is 29.3 Å². The van der Waals surface area contributed by atoms with E-state index in [1.807, 2.05) is 44.1 Å². The van der Waals surface area contributed by atoms with Gasteiger partial charge < -0.3 is 9.64 Å². The molecule has 0 aliphatic carbocycles. The van der Waals surface area contributed by atoms with Crippen LogP contribution in [0.2, 0.25) is 0 Å². The predicted molar refractivity (Wildman–Crippen MR) is 61.5 cm³/mol. The number of hydrogen-bond acceptors (Lipinski definition) is 3. The normalized spacial score (nSPS) is 9.87. The molecule has 0 aliphatic heterocycles. The molecule has 1 aromatic rings. The van der Waals surface area contributed by atoms with Crippen LogP contribution in [0, 0.1) is 6.92 Å². The summed E-state index contributed by atoms with van der Waals surface area (Å²) < 4.78 is 4.96. The lowest BCUT2D eigenvalue weighted by atomic mass is 10.1. The molecular weight excluding hydrogens is 190 g/mol. The number of benzene rings is 1. The van der Waals surface area contributed by atoms with E-state index in [-0.39, 0.29) is 5.97 Å². The minimum atomic E-state index is -0.260. The van der Waals surface area contributed by atoms with Crippen LogP contribution >= 0.6 is 0 Å². The van der Waals surface area contributed by atoms with Crippen LogP contribution < -0.4 is 4.90 Å². The van der Waals surface area contributed by atoms with E-state index in [1.54, 1.807) is 6.92 Å². The lowest BCUT2D eigenvalue weighted by molar-refractivity contribution is 0.0526. The number of carbonyl (C=O) groups excluding carboxylic acids is 1. The Morgan fingerprint density at radius 1 is 1.33 bits per heavy atom. The standard InChI is InChI=1S/C12H17NO2/c1-5-15-12(14)10-6-9(2)7-11(8-10)13(3)4/h6-8H,5H2,1-4H3. The van der Waals surface area contributed by atoms with Crippen molar-refractivity contribution in [1.82, 2.24) is 0 Å². The molecular formula is C12H17NO2. The Kier molecular flexibility index (Phi) is 3.72. The summed E-state index contributed by atoms with van der Waals surface area (Å²) in [4.78, 5) is 13.5. The summed E-state index contributed by atoms with van der Waals surface area (Å²) in [5.41, 5.74) is 2.68. The molecule has 0 N–H and O–H groups in total. The predicted octanol–water partition coefficient (Wildman–Crippen LogP) is 2.24. The van der Waals surface area contributed by atoms with Gasteiger partial charge in [0.25, 0.3) is 0 Å². The third-order valence-corrected chi connectivity index (χ3v) is 2.09. The highest BCUT2D eigenvalue weighted by Gasteiger charge is 2.08. The lowest BCUT2D eigenvalue weighted by Crippen LogP contribution is -2.11. The highest BCUT2D eigenvalue weighted by atomic mass is 16.5. The van der Waals surface area contributed by atoms with Gasteiger partial charge >= 0.3 is 5.97 Å². The summed E-state index contributed by atoms with van der Waals surface area (Å²) in [5.74, 6) is -0.260. The van der Waals surface area contributed by atoms with Gasteiger partial charge in [-0.3, -0.25) is 0 Å². The number of aryl methyl sites for hydroxylation is 1. The van der Waals surface area contributed by atoms with Crippen molar-refractivity contribution in [2.24, 2.45) is 0 Å². The van der Waals surface area contributed by atoms with Gasteiger partial charge in [-0.15, -0.1) is 0 Å². The zero-order chi connectivity index (χ0) is 11.4. The molecule has 0 atom stereocenters. The summed E-state index contributed by atoms with van der Waals surface area (Å²) in [6.07, 6.45) is 0. The van der Waals surface area contributed by atoms with Crippen LogP contribution in [-0.4, -0.2) is 26.7 Å². The van der Waals surface area contributed by atoms with Crippen molar-refractivity contribution < 1.29 is 9.53 Å². The van der Waals surface area contributed by atoms with Gasteiger partial charge in [-0.2, -0.15) is 0 Å². The maximum Gasteiger partial charge on any atom is 0.338 e. The molecule has 0 aliphatic rings. The molecule has 15 heavy (non-hydrogen) atoms. The molecule has 0 saturated carbocycles. The SMILES string of the molecule is CCOC(=O)c1cc(C)cc(N(C)C)c1. The maximum absolute atomic E-state index is 11.5. The Hall–Kier alpha value is -1.51. The zero-order valence-corrected chi connectivity index (χ0v) is 9.70. The van der Waals surface area contributed by atoms with Gasteiger partial charge in [0, 0.05) is 19.8 Å². The second-order valence-corrected chi connectivity index (χ2v) is 3.67. The molecule has 0 unspecified atom stereocenters. The molecule has 0 bridgehead atoms. The highest BCUT2D eigenvalue weighted by Crippen LogP contribution is 2.17. The van der Waals surface area contributed by atoms with Crippen molar-refractivity contribution in [3.8, 4) is 0 Å². The smallest absolute Gasteiger partial charge is 0.338 e. The largest absolute Gasteiger partial charge is 0.462 e. The maximum atomic E-state index is 11.5. The summed E-state index contributed by atoms with van der Waals surface area (Å²) in [6, 6.07) is 5.71. The van der Waals surface area contributed by atoms with E-state index in [4.69, 9.17) is 4.74 Å². The molecule has 82 valence electrons. The number of rotatable bonds is 3. The average molecular weight is 207 g/mol. The Morgan fingerprint density at radius 2 is 2.00 bits per heavy atom. The fraction of sp³-hybridized carbons (Fsp3) is 0.417. The number of anilines is 1. The first-order valence-electron chi connectivity index (χ1n) is 5.00. The van der Waals surface area contributed by atoms with Crippen molar-refractivity contribution in [2.75, 3.05) is 25.6 Å². The van der Waals surface area contributed by atoms with Crippen molar-refractivity contribution >= 4 is 11.7 Å². The van der Waals surface area contributed by atoms with Crippen LogP contribution in [0.4, 0.5) is 5.69 Å². The van der Waals surface area contributed by atoms with Crippen LogP contribution in [0.3, 0.4) is 0 Å². The number of ether oxygens (including phenoxy) is 1. The van der Waals surface area contributed by atoms with Crippen LogP contribution in [0.1, 0.15) is 22.8 Å². The van der Waals surface area contributed by atoms with Crippen molar-refractivity contribution in [3.63, 3.8) is 0 Å². The molecule has 0 saturated heterocycles. The first kappa shape index (κ1) is 11.6. The molecule has 1 rings (SSSR count). The van der Waals surface area contributed by atoms with E-state index in [1.165, 1.54) is 0 Å². The zero-order valence-electron chi connectivity index (χ0n) is 9.70. The first-order valence-corrected chi connectivity index (χ1v) is 5.00. The molecule has 0 spiro atoms. The van der Waals surface area contributed by atoms with Gasteiger partial charge in [0.15, 0.2) is 0 Å². The Bertz CT molecular complexity index is 359. The fourth-order valence-corrected chi connectivity index (χ4v) is 1.35. The van der Waals surface area contributed by atoms with Gasteiger partial charge in [0.2, 0.25) is 0 Å². The van der Waals surface area contributed by atoms with Gasteiger partial charge in [-0.1, -0.05) is 0 Å². The quantitative estimate of drug-likeness (QED) is 0.712. The number of esters is 1. The van der Waals surface area contributed by atoms with Crippen LogP contribution in [0.25, 0.3) is 0 Å². The van der Waals surface area contributed by atoms with Crippen LogP contribution in [-0.2, 0) is 4.74 Å². The molecule has 0 heterocycles. The lowest BCUT2D eigenvalue weighted by Gasteiger charge is -2.14. The Balaban J connectivity index is 3.03. The topological polar surface area (TPSA) is 29.5 Å². The first-order chi connectivity index (χ1) is 7.04. The number of nitrogens with zero attached hydrogens (tertiary/aromatic N) is 1. The Morgan fingerprint density at radius 3 is 2.53 bits per heavy atom. The third-order valence-electron chi connectivity index (χ3n) is 2.09. The second-order valence-electron chi connectivity index (χ2n) is 3.67. The second kappa shape index (κ2) is 4.82. The number of carbonyl (C=O) groups is 1. The molecule has 0 aromatic heterocycles. The molecule has 0 fully saturated rings. The van der Waals surface area contributed by atoms with Gasteiger partial charge in [0.1, 0.15) is 0 Å². The molecule has 0 radical (unpaired) electrons. The van der Waals surface area contributed by atoms with Crippen molar-refractivity contribution in [1.29, 1.82) is 0 Å². The van der Waals surface area contributed by atoms with E-state index in [9.17, 15) is 4.79 Å². The minimum absolute atomic E-state index is 0.260. The van der Waals surface area contributed by atoms with E-state index < -0.39 is 0 Å². The van der Waals surface area contributed by atoms with E-state index >= 15 is 0 Å². The molecule has 0 amide bonds. The fourth-order valence-electron chi connectivity index (χ4n) is 1.35. The third kappa shape index (κ3) is 2.98. The highest BCUT2D eigenvalue weighted by molar-refractivity contribution is 5.90. The average Bonchev–Trinajstić information content (AvgIpc) is 2.17. The summed E-state index contributed by atoms with van der Waals surface area (Å²) in [6.45, 7) is 4.18. The van der Waals surface area contributed by atoms with E-state index in [2.05, 4.69) is 0 Å². The van der Waals surface area contributed by atoms with Crippen LogP contribution in [0.15, 0.2) is 18.2 Å². The van der Waals surface area contributed by atoms with Gasteiger partial charge in [-0.25, -0.2) is 4.79 Å². The molecule has 3 nitrogen and oxygen atoms in total.